The van der Waals surface area contributed by atoms with E-state index in [1.807, 2.05) is 26.0 Å². The topological polar surface area (TPSA) is 86.5 Å². The van der Waals surface area contributed by atoms with Crippen LogP contribution in [0.1, 0.15) is 37.0 Å². The minimum atomic E-state index is -0.505. The number of fused-ring (bicyclic) bond motifs is 3. The summed E-state index contributed by atoms with van der Waals surface area (Å²) in [7, 11) is 0. The number of rotatable bonds is 5. The Labute approximate surface area is 146 Å². The van der Waals surface area contributed by atoms with Crippen molar-refractivity contribution in [3.05, 3.63) is 30.0 Å². The fourth-order valence-electron chi connectivity index (χ4n) is 3.89. The van der Waals surface area contributed by atoms with E-state index in [1.165, 1.54) is 6.42 Å². The van der Waals surface area contributed by atoms with Gasteiger partial charge in [-0.2, -0.15) is 0 Å². The van der Waals surface area contributed by atoms with Gasteiger partial charge in [-0.25, -0.2) is 4.98 Å². The van der Waals surface area contributed by atoms with Gasteiger partial charge in [0, 0.05) is 17.6 Å². The number of nitrogens with two attached hydrogens (primary N) is 1. The molecular formula is C19H23N3O3. The lowest BCUT2D eigenvalue weighted by Gasteiger charge is -2.24. The molecule has 0 spiro atoms. The number of nitrogens with one attached hydrogen (secondary N) is 1. The smallest absolute Gasteiger partial charge is 0.252 e. The largest absolute Gasteiger partial charge is 0.490 e. The molecule has 1 saturated carbocycles. The van der Waals surface area contributed by atoms with Gasteiger partial charge in [0.1, 0.15) is 11.9 Å². The van der Waals surface area contributed by atoms with Gasteiger partial charge in [0.2, 0.25) is 5.88 Å². The Bertz CT molecular complexity index is 821. The Hall–Kier alpha value is -2.34. The van der Waals surface area contributed by atoms with E-state index in [2.05, 4.69) is 10.3 Å². The van der Waals surface area contributed by atoms with Crippen molar-refractivity contribution in [3.63, 3.8) is 0 Å². The highest BCUT2D eigenvalue weighted by Gasteiger charge is 2.41. The van der Waals surface area contributed by atoms with Crippen LogP contribution in [0.4, 0.5) is 0 Å². The van der Waals surface area contributed by atoms with Crippen LogP contribution < -0.4 is 20.5 Å². The third kappa shape index (κ3) is 3.02. The van der Waals surface area contributed by atoms with Gasteiger partial charge in [-0.3, -0.25) is 4.79 Å². The highest BCUT2D eigenvalue weighted by Crippen LogP contribution is 2.36. The molecule has 1 saturated heterocycles. The maximum atomic E-state index is 11.8. The van der Waals surface area contributed by atoms with E-state index in [-0.39, 0.29) is 12.2 Å². The zero-order valence-corrected chi connectivity index (χ0v) is 14.5. The quantitative estimate of drug-likeness (QED) is 0.871. The Morgan fingerprint density at radius 3 is 2.84 bits per heavy atom. The summed E-state index contributed by atoms with van der Waals surface area (Å²) in [6, 6.07) is 5.83. The van der Waals surface area contributed by atoms with Crippen LogP contribution in [-0.2, 0) is 0 Å². The van der Waals surface area contributed by atoms with Crippen molar-refractivity contribution in [1.29, 1.82) is 0 Å². The van der Waals surface area contributed by atoms with Gasteiger partial charge in [-0.1, -0.05) is 0 Å². The third-order valence-electron chi connectivity index (χ3n) is 4.99. The minimum Gasteiger partial charge on any atom is -0.490 e. The third-order valence-corrected chi connectivity index (χ3v) is 4.99. The molecule has 4 rings (SSSR count). The van der Waals surface area contributed by atoms with Crippen molar-refractivity contribution in [3.8, 4) is 11.6 Å². The van der Waals surface area contributed by atoms with Crippen LogP contribution in [0.25, 0.3) is 10.8 Å². The standard InChI is InChI=1S/C19H23N3O3/c1-10(2)24-16-8-13-12(7-14(16)18(20)23)3-4-21-19(13)25-17-6-11-5-15(17)22-9-11/h3-4,7-8,10-11,15,17,22H,5-6,9H2,1-2H3,(H2,20,23)/t11-,15+,17?/m0/s1. The van der Waals surface area contributed by atoms with E-state index >= 15 is 0 Å². The van der Waals surface area contributed by atoms with Crippen LogP contribution in [0, 0.1) is 5.92 Å². The van der Waals surface area contributed by atoms with E-state index in [9.17, 15) is 4.79 Å². The first kappa shape index (κ1) is 16.1. The van der Waals surface area contributed by atoms with Crippen molar-refractivity contribution in [1.82, 2.24) is 10.3 Å². The van der Waals surface area contributed by atoms with Gasteiger partial charge < -0.3 is 20.5 Å². The van der Waals surface area contributed by atoms with Crippen LogP contribution >= 0.6 is 0 Å². The summed E-state index contributed by atoms with van der Waals surface area (Å²) in [4.78, 5) is 16.2. The SMILES string of the molecule is CC(C)Oc1cc2c(OC3C[C@H]4CN[C@@H]3C4)nccc2cc1C(N)=O. The number of nitrogens with zero attached hydrogens (tertiary/aromatic N) is 1. The zero-order chi connectivity index (χ0) is 17.6. The number of carbonyl (C=O) groups excluding carboxylic acids is 1. The summed E-state index contributed by atoms with van der Waals surface area (Å²) >= 11 is 0. The molecule has 3 N–H and O–H groups in total. The number of aromatic nitrogens is 1. The van der Waals surface area contributed by atoms with Crippen molar-refractivity contribution in [2.75, 3.05) is 6.54 Å². The highest BCUT2D eigenvalue weighted by atomic mass is 16.5. The number of hydrogen-bond donors (Lipinski definition) is 2. The summed E-state index contributed by atoms with van der Waals surface area (Å²) in [5, 5.41) is 5.20. The highest BCUT2D eigenvalue weighted by molar-refractivity contribution is 6.01. The molecule has 25 heavy (non-hydrogen) atoms. The molecule has 1 aromatic heterocycles. The molecule has 2 fully saturated rings. The first-order chi connectivity index (χ1) is 12.0. The lowest BCUT2D eigenvalue weighted by Crippen LogP contribution is -2.40. The second kappa shape index (κ2) is 6.19. The van der Waals surface area contributed by atoms with Crippen molar-refractivity contribution >= 4 is 16.7 Å². The molecular weight excluding hydrogens is 318 g/mol. The first-order valence-electron chi connectivity index (χ1n) is 8.80. The van der Waals surface area contributed by atoms with Gasteiger partial charge in [0.25, 0.3) is 5.91 Å². The molecule has 3 atom stereocenters. The molecule has 2 aromatic rings. The monoisotopic (exact) mass is 341 g/mol. The lowest BCUT2D eigenvalue weighted by atomic mass is 10.1. The fourth-order valence-corrected chi connectivity index (χ4v) is 3.89. The Morgan fingerprint density at radius 2 is 2.20 bits per heavy atom. The van der Waals surface area contributed by atoms with Crippen molar-refractivity contribution < 1.29 is 14.3 Å². The lowest BCUT2D eigenvalue weighted by molar-refractivity contribution is 0.0994. The van der Waals surface area contributed by atoms with Crippen LogP contribution in [0.2, 0.25) is 0 Å². The molecule has 1 aromatic carbocycles. The minimum absolute atomic E-state index is 0.0636. The van der Waals surface area contributed by atoms with E-state index in [1.54, 1.807) is 12.3 Å². The van der Waals surface area contributed by atoms with E-state index in [0.29, 0.717) is 29.2 Å². The molecule has 1 aliphatic carbocycles. The van der Waals surface area contributed by atoms with Gasteiger partial charge in [0.05, 0.1) is 11.7 Å². The molecule has 1 unspecified atom stereocenters. The zero-order valence-electron chi connectivity index (χ0n) is 14.5. The Morgan fingerprint density at radius 1 is 1.36 bits per heavy atom. The Balaban J connectivity index is 1.73. The van der Waals surface area contributed by atoms with Gasteiger partial charge in [-0.05, 0) is 62.7 Å². The average molecular weight is 341 g/mol. The fraction of sp³-hybridized carbons (Fsp3) is 0.474. The second-order valence-corrected chi connectivity index (χ2v) is 7.22. The summed E-state index contributed by atoms with van der Waals surface area (Å²) in [6.45, 7) is 4.91. The molecule has 6 nitrogen and oxygen atoms in total. The number of benzene rings is 1. The summed E-state index contributed by atoms with van der Waals surface area (Å²) in [5.74, 6) is 1.25. The van der Waals surface area contributed by atoms with Crippen LogP contribution in [0.5, 0.6) is 11.6 Å². The summed E-state index contributed by atoms with van der Waals surface area (Å²) in [6.07, 6.45) is 4.01. The van der Waals surface area contributed by atoms with Crippen LogP contribution in [-0.4, -0.2) is 35.7 Å². The number of pyridine rings is 1. The van der Waals surface area contributed by atoms with Crippen molar-refractivity contribution in [2.24, 2.45) is 11.7 Å². The molecule has 1 amide bonds. The molecule has 0 radical (unpaired) electrons. The molecule has 2 heterocycles. The number of hydrogen-bond acceptors (Lipinski definition) is 5. The van der Waals surface area contributed by atoms with Gasteiger partial charge >= 0.3 is 0 Å². The number of piperidine rings is 1. The molecule has 2 aliphatic rings. The van der Waals surface area contributed by atoms with E-state index < -0.39 is 5.91 Å². The maximum absolute atomic E-state index is 11.8. The molecule has 132 valence electrons. The number of carbonyl (C=O) groups is 1. The maximum Gasteiger partial charge on any atom is 0.252 e. The van der Waals surface area contributed by atoms with Gasteiger partial charge in [0.15, 0.2) is 0 Å². The Kier molecular flexibility index (Phi) is 4.00. The van der Waals surface area contributed by atoms with E-state index in [0.717, 1.165) is 23.7 Å². The number of primary amides is 1. The van der Waals surface area contributed by atoms with Crippen LogP contribution in [0.3, 0.4) is 0 Å². The van der Waals surface area contributed by atoms with E-state index in [4.69, 9.17) is 15.2 Å². The molecule has 6 heteroatoms. The molecule has 2 bridgehead atoms. The number of amides is 1. The molecule has 1 aliphatic heterocycles. The van der Waals surface area contributed by atoms with Crippen molar-refractivity contribution in [2.45, 2.75) is 44.9 Å². The number of ether oxygens (including phenoxy) is 2. The van der Waals surface area contributed by atoms with Gasteiger partial charge in [-0.15, -0.1) is 0 Å². The average Bonchev–Trinajstić information content (AvgIpc) is 3.17. The second-order valence-electron chi connectivity index (χ2n) is 7.22. The predicted octanol–water partition coefficient (Wildman–Crippen LogP) is 2.25. The normalized spacial score (nSPS) is 24.8. The summed E-state index contributed by atoms with van der Waals surface area (Å²) in [5.41, 5.74) is 5.89. The summed E-state index contributed by atoms with van der Waals surface area (Å²) < 4.78 is 12.0. The van der Waals surface area contributed by atoms with Crippen LogP contribution in [0.15, 0.2) is 24.4 Å². The first-order valence-corrected chi connectivity index (χ1v) is 8.80. The predicted molar refractivity (Wildman–Crippen MR) is 95.0 cm³/mol.